The van der Waals surface area contributed by atoms with Crippen molar-refractivity contribution in [1.82, 2.24) is 10.4 Å². The number of aryl methyl sites for hydroxylation is 1. The Morgan fingerprint density at radius 1 is 1.12 bits per heavy atom. The molecule has 0 atom stereocenters. The van der Waals surface area contributed by atoms with Crippen molar-refractivity contribution in [2.75, 3.05) is 13.7 Å². The van der Waals surface area contributed by atoms with Gasteiger partial charge in [-0.3, -0.25) is 4.79 Å². The maximum Gasteiger partial charge on any atom is 0.278 e. The molecule has 2 aromatic carbocycles. The molecule has 0 saturated heterocycles. The van der Waals surface area contributed by atoms with Crippen LogP contribution in [0.3, 0.4) is 0 Å². The van der Waals surface area contributed by atoms with Crippen LogP contribution < -0.4 is 14.9 Å². The van der Waals surface area contributed by atoms with E-state index in [4.69, 9.17) is 14.2 Å². The van der Waals surface area contributed by atoms with E-state index >= 15 is 0 Å². The molecule has 1 N–H and O–H groups in total. The summed E-state index contributed by atoms with van der Waals surface area (Å²) in [6.45, 7) is 2.17. The Kier molecular flexibility index (Phi) is 8.51. The zero-order chi connectivity index (χ0) is 23.5. The lowest BCUT2D eigenvalue weighted by Gasteiger charge is -2.10. The van der Waals surface area contributed by atoms with Crippen LogP contribution in [0.5, 0.6) is 11.6 Å². The van der Waals surface area contributed by atoms with Gasteiger partial charge >= 0.3 is 0 Å². The van der Waals surface area contributed by atoms with E-state index in [-0.39, 0.29) is 24.7 Å². The molecule has 168 valence electrons. The van der Waals surface area contributed by atoms with E-state index in [1.807, 2.05) is 60.7 Å². The van der Waals surface area contributed by atoms with E-state index in [0.29, 0.717) is 17.9 Å². The molecule has 0 saturated carbocycles. The molecule has 0 bridgehead atoms. The summed E-state index contributed by atoms with van der Waals surface area (Å²) >= 11 is 0. The summed E-state index contributed by atoms with van der Waals surface area (Å²) in [6, 6.07) is 21.0. The van der Waals surface area contributed by atoms with Crippen molar-refractivity contribution < 1.29 is 19.0 Å². The number of pyridine rings is 1. The highest BCUT2D eigenvalue weighted by Gasteiger charge is 2.14. The van der Waals surface area contributed by atoms with E-state index in [1.54, 1.807) is 13.0 Å². The van der Waals surface area contributed by atoms with E-state index in [2.05, 4.69) is 15.5 Å². The van der Waals surface area contributed by atoms with Gasteiger partial charge in [0.05, 0.1) is 12.8 Å². The molecule has 33 heavy (non-hydrogen) atoms. The molecule has 1 amide bonds. The summed E-state index contributed by atoms with van der Waals surface area (Å²) in [6.07, 6.45) is 1.52. The highest BCUT2D eigenvalue weighted by atomic mass is 16.5. The third kappa shape index (κ3) is 7.16. The summed E-state index contributed by atoms with van der Waals surface area (Å²) in [7, 11) is 1.54. The number of ether oxygens (including phenoxy) is 3. The normalized spacial score (nSPS) is 10.6. The lowest BCUT2D eigenvalue weighted by atomic mass is 10.1. The predicted molar refractivity (Wildman–Crippen MR) is 123 cm³/mol. The summed E-state index contributed by atoms with van der Waals surface area (Å²) < 4.78 is 16.3. The first-order valence-corrected chi connectivity index (χ1v) is 10.2. The molecule has 0 aliphatic rings. The van der Waals surface area contributed by atoms with Crippen LogP contribution in [-0.4, -0.2) is 30.8 Å². The lowest BCUT2D eigenvalue weighted by molar-refractivity contribution is -0.123. The Hall–Kier alpha value is -4.22. The molecule has 0 unspecified atom stereocenters. The number of benzene rings is 2. The molecule has 3 rings (SSSR count). The highest BCUT2D eigenvalue weighted by molar-refractivity contribution is 5.83. The monoisotopic (exact) mass is 444 g/mol. The van der Waals surface area contributed by atoms with Gasteiger partial charge < -0.3 is 14.2 Å². The summed E-state index contributed by atoms with van der Waals surface area (Å²) in [4.78, 5) is 16.3. The van der Waals surface area contributed by atoms with Crippen LogP contribution in [0.25, 0.3) is 0 Å². The first-order valence-electron chi connectivity index (χ1n) is 10.2. The quantitative estimate of drug-likeness (QED) is 0.379. The van der Waals surface area contributed by atoms with Crippen molar-refractivity contribution in [1.29, 1.82) is 5.26 Å². The molecule has 0 fully saturated rings. The van der Waals surface area contributed by atoms with E-state index in [0.717, 1.165) is 16.9 Å². The molecule has 0 aliphatic heterocycles. The van der Waals surface area contributed by atoms with E-state index in [1.165, 1.54) is 13.3 Å². The summed E-state index contributed by atoms with van der Waals surface area (Å²) in [5.41, 5.74) is 5.83. The molecule has 0 aliphatic carbocycles. The molecular formula is C25H24N4O4. The third-order valence-electron chi connectivity index (χ3n) is 4.48. The molecular weight excluding hydrogens is 420 g/mol. The molecule has 8 nitrogen and oxygen atoms in total. The number of rotatable bonds is 10. The Bertz CT molecular complexity index is 1140. The number of hydrogen-bond donors (Lipinski definition) is 1. The maximum atomic E-state index is 12.1. The maximum absolute atomic E-state index is 12.1. The average Bonchev–Trinajstić information content (AvgIpc) is 2.83. The molecule has 0 radical (unpaired) electrons. The van der Waals surface area contributed by atoms with Crippen molar-refractivity contribution in [3.63, 3.8) is 0 Å². The van der Waals surface area contributed by atoms with Gasteiger partial charge in [-0.25, -0.2) is 10.4 Å². The molecule has 3 aromatic rings. The van der Waals surface area contributed by atoms with Crippen LogP contribution in [0.4, 0.5) is 0 Å². The molecule has 8 heteroatoms. The van der Waals surface area contributed by atoms with Crippen molar-refractivity contribution in [2.45, 2.75) is 20.1 Å². The highest BCUT2D eigenvalue weighted by Crippen LogP contribution is 2.21. The number of hydrazone groups is 1. The van der Waals surface area contributed by atoms with E-state index < -0.39 is 5.91 Å². The SMILES string of the molecule is COCc1cc(C)nc(OCC(=O)N/N=C/c2ccc(OCc3ccccc3)cc2)c1C#N. The van der Waals surface area contributed by atoms with E-state index in [9.17, 15) is 10.1 Å². The van der Waals surface area contributed by atoms with Crippen LogP contribution in [0.15, 0.2) is 65.8 Å². The number of carbonyl (C=O) groups excluding carboxylic acids is 1. The number of nitrogens with zero attached hydrogens (tertiary/aromatic N) is 3. The molecule has 0 spiro atoms. The number of hydrogen-bond acceptors (Lipinski definition) is 7. The number of nitrogens with one attached hydrogen (secondary N) is 1. The third-order valence-corrected chi connectivity index (χ3v) is 4.48. The van der Waals surface area contributed by atoms with Crippen LogP contribution in [-0.2, 0) is 22.7 Å². The Balaban J connectivity index is 1.49. The number of methoxy groups -OCH3 is 1. The number of amides is 1. The number of aromatic nitrogens is 1. The first-order chi connectivity index (χ1) is 16.1. The Labute approximate surface area is 192 Å². The van der Waals surface area contributed by atoms with Gasteiger partial charge in [-0.15, -0.1) is 0 Å². The lowest BCUT2D eigenvalue weighted by Crippen LogP contribution is -2.25. The van der Waals surface area contributed by atoms with Crippen molar-refractivity contribution >= 4 is 12.1 Å². The van der Waals surface area contributed by atoms with Crippen LogP contribution in [0, 0.1) is 18.3 Å². The first kappa shape index (κ1) is 23.4. The van der Waals surface area contributed by atoms with Crippen LogP contribution in [0.2, 0.25) is 0 Å². The summed E-state index contributed by atoms with van der Waals surface area (Å²) in [5, 5.41) is 13.3. The zero-order valence-corrected chi connectivity index (χ0v) is 18.4. The fourth-order valence-electron chi connectivity index (χ4n) is 2.94. The topological polar surface area (TPSA) is 106 Å². The average molecular weight is 444 g/mol. The standard InChI is InChI=1S/C25H24N4O4/c1-18-12-21(16-31-2)23(13-26)25(28-18)33-17-24(30)29-27-14-19-8-10-22(11-9-19)32-15-20-6-4-3-5-7-20/h3-12,14H,15-17H2,1-2H3,(H,29,30)/b27-14+. The second kappa shape index (κ2) is 12.0. The van der Waals surface area contributed by atoms with Crippen LogP contribution >= 0.6 is 0 Å². The van der Waals surface area contributed by atoms with Gasteiger partial charge in [0.25, 0.3) is 5.91 Å². The molecule has 1 aromatic heterocycles. The molecule has 1 heterocycles. The second-order valence-corrected chi connectivity index (χ2v) is 7.07. The predicted octanol–water partition coefficient (Wildman–Crippen LogP) is 3.52. The smallest absolute Gasteiger partial charge is 0.278 e. The van der Waals surface area contributed by atoms with Gasteiger partial charge in [-0.2, -0.15) is 10.4 Å². The van der Waals surface area contributed by atoms with Gasteiger partial charge in [0, 0.05) is 18.4 Å². The minimum absolute atomic E-state index is 0.0924. The van der Waals surface area contributed by atoms with Crippen molar-refractivity contribution in [2.24, 2.45) is 5.10 Å². The Morgan fingerprint density at radius 2 is 1.88 bits per heavy atom. The van der Waals surface area contributed by atoms with Gasteiger partial charge in [-0.05, 0) is 48.4 Å². The minimum Gasteiger partial charge on any atom is -0.489 e. The van der Waals surface area contributed by atoms with Gasteiger partial charge in [0.1, 0.15) is 24.0 Å². The largest absolute Gasteiger partial charge is 0.489 e. The minimum atomic E-state index is -0.477. The Morgan fingerprint density at radius 3 is 2.58 bits per heavy atom. The number of carbonyl (C=O) groups is 1. The van der Waals surface area contributed by atoms with Gasteiger partial charge in [0.15, 0.2) is 6.61 Å². The fourth-order valence-corrected chi connectivity index (χ4v) is 2.94. The van der Waals surface area contributed by atoms with Gasteiger partial charge in [-0.1, -0.05) is 30.3 Å². The van der Waals surface area contributed by atoms with Crippen molar-refractivity contribution in [3.05, 3.63) is 88.6 Å². The van der Waals surface area contributed by atoms with Crippen molar-refractivity contribution in [3.8, 4) is 17.7 Å². The second-order valence-electron chi connectivity index (χ2n) is 7.07. The van der Waals surface area contributed by atoms with Gasteiger partial charge in [0.2, 0.25) is 5.88 Å². The van der Waals surface area contributed by atoms with Crippen LogP contribution in [0.1, 0.15) is 27.9 Å². The fraction of sp³-hybridized carbons (Fsp3) is 0.200. The summed E-state index contributed by atoms with van der Waals surface area (Å²) in [5.74, 6) is 0.351. The number of nitriles is 1. The zero-order valence-electron chi connectivity index (χ0n) is 18.4.